The van der Waals surface area contributed by atoms with Crippen molar-refractivity contribution in [2.45, 2.75) is 20.4 Å². The number of carbonyl (C=O) groups is 1. The molecule has 138 valence electrons. The van der Waals surface area contributed by atoms with Crippen LogP contribution in [0.3, 0.4) is 0 Å². The summed E-state index contributed by atoms with van der Waals surface area (Å²) in [5.74, 6) is -0.360. The van der Waals surface area contributed by atoms with Gasteiger partial charge in [-0.05, 0) is 25.5 Å². The molecule has 0 fully saturated rings. The minimum absolute atomic E-state index is 0.0201. The maximum atomic E-state index is 12.4. The number of nitro benzene ring substituents is 1. The first kappa shape index (κ1) is 18.5. The Morgan fingerprint density at radius 1 is 1.22 bits per heavy atom. The van der Waals surface area contributed by atoms with E-state index in [1.54, 1.807) is 12.1 Å². The van der Waals surface area contributed by atoms with Crippen molar-refractivity contribution in [1.82, 2.24) is 9.55 Å². The topological polar surface area (TPSA) is 107 Å². The van der Waals surface area contributed by atoms with Gasteiger partial charge in [-0.15, -0.1) is 11.3 Å². The largest absolute Gasteiger partial charge is 0.310 e. The summed E-state index contributed by atoms with van der Waals surface area (Å²) in [7, 11) is 0. The predicted molar refractivity (Wildman–Crippen MR) is 102 cm³/mol. The third kappa shape index (κ3) is 4.26. The molecule has 3 aromatic rings. The fourth-order valence-corrected chi connectivity index (χ4v) is 3.21. The molecule has 0 saturated carbocycles. The molecule has 27 heavy (non-hydrogen) atoms. The van der Waals surface area contributed by atoms with Crippen molar-refractivity contribution >= 4 is 28.1 Å². The van der Waals surface area contributed by atoms with Crippen LogP contribution in [0.15, 0.2) is 47.4 Å². The maximum Gasteiger partial charge on any atom is 0.269 e. The molecule has 0 saturated heterocycles. The smallest absolute Gasteiger partial charge is 0.269 e. The SMILES string of the molecule is Cc1nc(NC(=O)c2ccc(=O)n(Cc3ccc([N+](=O)[O-])cc3)c2)sc1C. The van der Waals surface area contributed by atoms with Crippen molar-refractivity contribution in [3.63, 3.8) is 0 Å². The van der Waals surface area contributed by atoms with Gasteiger partial charge < -0.3 is 4.57 Å². The lowest BCUT2D eigenvalue weighted by atomic mass is 10.2. The number of pyridine rings is 1. The number of nitrogens with zero attached hydrogens (tertiary/aromatic N) is 3. The summed E-state index contributed by atoms with van der Waals surface area (Å²) in [5, 5.41) is 13.9. The number of anilines is 1. The van der Waals surface area contributed by atoms with Crippen LogP contribution >= 0.6 is 11.3 Å². The monoisotopic (exact) mass is 384 g/mol. The molecule has 1 N–H and O–H groups in total. The van der Waals surface area contributed by atoms with Crippen LogP contribution in [0.4, 0.5) is 10.8 Å². The first-order chi connectivity index (χ1) is 12.8. The van der Waals surface area contributed by atoms with Gasteiger partial charge in [0.05, 0.1) is 22.7 Å². The van der Waals surface area contributed by atoms with Gasteiger partial charge in [0.2, 0.25) is 0 Å². The number of aryl methyl sites for hydroxylation is 2. The van der Waals surface area contributed by atoms with E-state index in [0.717, 1.165) is 10.6 Å². The first-order valence-corrected chi connectivity index (χ1v) is 8.84. The Kier molecular flexibility index (Phi) is 5.13. The van der Waals surface area contributed by atoms with E-state index in [1.165, 1.54) is 46.4 Å². The summed E-state index contributed by atoms with van der Waals surface area (Å²) >= 11 is 1.38. The number of nitrogens with one attached hydrogen (secondary N) is 1. The fourth-order valence-electron chi connectivity index (χ4n) is 2.40. The molecule has 0 unspecified atom stereocenters. The van der Waals surface area contributed by atoms with E-state index in [1.807, 2.05) is 13.8 Å². The van der Waals surface area contributed by atoms with Crippen molar-refractivity contribution in [1.29, 1.82) is 0 Å². The zero-order chi connectivity index (χ0) is 19.6. The maximum absolute atomic E-state index is 12.4. The summed E-state index contributed by atoms with van der Waals surface area (Å²) < 4.78 is 1.38. The van der Waals surface area contributed by atoms with Gasteiger partial charge in [0.25, 0.3) is 17.2 Å². The molecule has 1 amide bonds. The second-order valence-electron chi connectivity index (χ2n) is 5.92. The number of hydrogen-bond acceptors (Lipinski definition) is 6. The molecule has 0 aliphatic carbocycles. The number of amides is 1. The molecule has 1 aromatic carbocycles. The standard InChI is InChI=1S/C18H16N4O4S/c1-11-12(2)27-18(19-11)20-17(24)14-5-8-16(23)21(10-14)9-13-3-6-15(7-4-13)22(25)26/h3-8,10H,9H2,1-2H3,(H,19,20,24). The van der Waals surface area contributed by atoms with Crippen LogP contribution in [0.1, 0.15) is 26.5 Å². The number of thiazole rings is 1. The zero-order valence-electron chi connectivity index (χ0n) is 14.6. The van der Waals surface area contributed by atoms with Crippen LogP contribution in [0, 0.1) is 24.0 Å². The molecule has 0 spiro atoms. The Hall–Kier alpha value is -3.33. The molecular weight excluding hydrogens is 368 g/mol. The zero-order valence-corrected chi connectivity index (χ0v) is 15.4. The number of hydrogen-bond donors (Lipinski definition) is 1. The van der Waals surface area contributed by atoms with Gasteiger partial charge in [-0.3, -0.25) is 25.0 Å². The normalized spacial score (nSPS) is 10.6. The number of carbonyl (C=O) groups excluding carboxylic acids is 1. The van der Waals surface area contributed by atoms with Gasteiger partial charge in [-0.1, -0.05) is 12.1 Å². The predicted octanol–water partition coefficient (Wildman–Crippen LogP) is 3.13. The average molecular weight is 384 g/mol. The molecule has 0 bridgehead atoms. The third-order valence-corrected chi connectivity index (χ3v) is 4.98. The molecule has 9 heteroatoms. The molecular formula is C18H16N4O4S. The van der Waals surface area contributed by atoms with Crippen LogP contribution in [0.2, 0.25) is 0 Å². The highest BCUT2D eigenvalue weighted by molar-refractivity contribution is 7.15. The fraction of sp³-hybridized carbons (Fsp3) is 0.167. The van der Waals surface area contributed by atoms with Crippen molar-refractivity contribution in [2.24, 2.45) is 0 Å². The number of benzene rings is 1. The lowest BCUT2D eigenvalue weighted by molar-refractivity contribution is -0.384. The molecule has 2 heterocycles. The highest BCUT2D eigenvalue weighted by atomic mass is 32.1. The van der Waals surface area contributed by atoms with Crippen molar-refractivity contribution in [3.8, 4) is 0 Å². The van der Waals surface area contributed by atoms with Crippen molar-refractivity contribution < 1.29 is 9.72 Å². The lowest BCUT2D eigenvalue weighted by Gasteiger charge is -2.08. The number of non-ortho nitro benzene ring substituents is 1. The van der Waals surface area contributed by atoms with E-state index in [-0.39, 0.29) is 23.7 Å². The van der Waals surface area contributed by atoms with Crippen LogP contribution in [-0.4, -0.2) is 20.4 Å². The number of nitro groups is 1. The van der Waals surface area contributed by atoms with Crippen LogP contribution in [-0.2, 0) is 6.54 Å². The minimum atomic E-state index is -0.483. The highest BCUT2D eigenvalue weighted by Crippen LogP contribution is 2.21. The third-order valence-electron chi connectivity index (χ3n) is 3.99. The van der Waals surface area contributed by atoms with E-state index < -0.39 is 4.92 Å². The summed E-state index contributed by atoms with van der Waals surface area (Å²) in [4.78, 5) is 40.1. The molecule has 0 atom stereocenters. The molecule has 0 aliphatic rings. The summed E-state index contributed by atoms with van der Waals surface area (Å²) in [6.45, 7) is 3.99. The number of aromatic nitrogens is 2. The minimum Gasteiger partial charge on any atom is -0.310 e. The molecule has 8 nitrogen and oxygen atoms in total. The van der Waals surface area contributed by atoms with E-state index >= 15 is 0 Å². The summed E-state index contributed by atoms with van der Waals surface area (Å²) in [6.07, 6.45) is 1.46. The Balaban J connectivity index is 1.80. The lowest BCUT2D eigenvalue weighted by Crippen LogP contribution is -2.22. The number of rotatable bonds is 5. The Bertz CT molecular complexity index is 1050. The van der Waals surface area contributed by atoms with Crippen molar-refractivity contribution in [2.75, 3.05) is 5.32 Å². The van der Waals surface area contributed by atoms with E-state index in [4.69, 9.17) is 0 Å². The Morgan fingerprint density at radius 2 is 1.93 bits per heavy atom. The van der Waals surface area contributed by atoms with E-state index in [2.05, 4.69) is 10.3 Å². The van der Waals surface area contributed by atoms with E-state index in [0.29, 0.717) is 16.3 Å². The first-order valence-electron chi connectivity index (χ1n) is 8.02. The van der Waals surface area contributed by atoms with Gasteiger partial charge in [0.15, 0.2) is 5.13 Å². The molecule has 2 aromatic heterocycles. The summed E-state index contributed by atoms with van der Waals surface area (Å²) in [6, 6.07) is 8.70. The van der Waals surface area contributed by atoms with Crippen LogP contribution in [0.5, 0.6) is 0 Å². The quantitative estimate of drug-likeness (QED) is 0.537. The van der Waals surface area contributed by atoms with Crippen molar-refractivity contribution in [3.05, 3.63) is 84.8 Å². The van der Waals surface area contributed by atoms with Gasteiger partial charge in [-0.2, -0.15) is 0 Å². The second-order valence-corrected chi connectivity index (χ2v) is 7.13. The van der Waals surface area contributed by atoms with Gasteiger partial charge in [0, 0.05) is 29.3 Å². The van der Waals surface area contributed by atoms with Crippen LogP contribution < -0.4 is 10.9 Å². The Labute approximate surface area is 158 Å². The van der Waals surface area contributed by atoms with Gasteiger partial charge in [-0.25, -0.2) is 4.98 Å². The molecule has 3 rings (SSSR count). The van der Waals surface area contributed by atoms with Gasteiger partial charge >= 0.3 is 0 Å². The van der Waals surface area contributed by atoms with Gasteiger partial charge in [0.1, 0.15) is 0 Å². The summed E-state index contributed by atoms with van der Waals surface area (Å²) in [5.41, 5.74) is 1.60. The molecule has 0 aliphatic heterocycles. The van der Waals surface area contributed by atoms with E-state index in [9.17, 15) is 19.7 Å². The highest BCUT2D eigenvalue weighted by Gasteiger charge is 2.12. The Morgan fingerprint density at radius 3 is 2.52 bits per heavy atom. The average Bonchev–Trinajstić information content (AvgIpc) is 2.94. The molecule has 0 radical (unpaired) electrons. The second kappa shape index (κ2) is 7.50. The van der Waals surface area contributed by atoms with Crippen LogP contribution in [0.25, 0.3) is 0 Å².